The summed E-state index contributed by atoms with van der Waals surface area (Å²) in [5, 5.41) is 9.52. The summed E-state index contributed by atoms with van der Waals surface area (Å²) in [5.41, 5.74) is 0. The molecule has 0 aromatic carbocycles. The molecule has 0 aliphatic carbocycles. The largest absolute Gasteiger partial charge is 0.301 e. The molecule has 7 nitrogen and oxygen atoms in total. The second-order valence-corrected chi connectivity index (χ2v) is 6.40. The lowest BCUT2D eigenvalue weighted by molar-refractivity contribution is -0.114. The lowest BCUT2D eigenvalue weighted by Gasteiger charge is -2.07. The van der Waals surface area contributed by atoms with Gasteiger partial charge in [-0.15, -0.1) is 21.8 Å². The van der Waals surface area contributed by atoms with Gasteiger partial charge in [-0.2, -0.15) is 0 Å². The Labute approximate surface area is 108 Å². The summed E-state index contributed by atoms with van der Waals surface area (Å²) in [5.74, 6) is -0.191. The summed E-state index contributed by atoms with van der Waals surface area (Å²) in [6.45, 7) is 2.92. The van der Waals surface area contributed by atoms with Crippen LogP contribution in [0.15, 0.2) is 4.34 Å². The number of halogens is 1. The van der Waals surface area contributed by atoms with E-state index in [1.807, 2.05) is 0 Å². The van der Waals surface area contributed by atoms with E-state index in [1.165, 1.54) is 6.92 Å². The Bertz CT molecular complexity index is 501. The maximum Gasteiger partial charge on any atom is 0.270 e. The highest BCUT2D eigenvalue weighted by Crippen LogP contribution is 2.19. The molecule has 96 valence electrons. The number of alkyl halides is 1. The molecule has 1 aromatic heterocycles. The second kappa shape index (κ2) is 5.71. The number of aromatic nitrogens is 2. The summed E-state index contributed by atoms with van der Waals surface area (Å²) in [4.78, 5) is 10.7. The molecular formula is C7H11ClN4O3S2. The topological polar surface area (TPSA) is 101 Å². The number of hydrogen-bond donors (Lipinski definition) is 2. The number of sulfonamides is 1. The molecule has 0 aliphatic rings. The van der Waals surface area contributed by atoms with Gasteiger partial charge in [-0.1, -0.05) is 11.3 Å². The molecule has 2 N–H and O–H groups in total. The Morgan fingerprint density at radius 2 is 2.18 bits per heavy atom. The van der Waals surface area contributed by atoms with Gasteiger partial charge < -0.3 is 5.32 Å². The van der Waals surface area contributed by atoms with Crippen molar-refractivity contribution in [2.45, 2.75) is 24.2 Å². The summed E-state index contributed by atoms with van der Waals surface area (Å²) in [6.07, 6.45) is 0. The minimum atomic E-state index is -3.73. The average Bonchev–Trinajstić information content (AvgIpc) is 2.65. The highest BCUT2D eigenvalue weighted by atomic mass is 35.5. The fourth-order valence-corrected chi connectivity index (χ4v) is 3.24. The van der Waals surface area contributed by atoms with Crippen molar-refractivity contribution < 1.29 is 13.2 Å². The Morgan fingerprint density at radius 3 is 2.71 bits per heavy atom. The van der Waals surface area contributed by atoms with Crippen LogP contribution in [0.1, 0.15) is 13.8 Å². The fourth-order valence-electron chi connectivity index (χ4n) is 0.866. The third-order valence-corrected chi connectivity index (χ3v) is 4.77. The van der Waals surface area contributed by atoms with E-state index in [1.54, 1.807) is 6.92 Å². The van der Waals surface area contributed by atoms with E-state index in [0.29, 0.717) is 0 Å². The number of carbonyl (C=O) groups excluding carboxylic acids is 1. The van der Waals surface area contributed by atoms with Gasteiger partial charge >= 0.3 is 0 Å². The standard InChI is InChI=1S/C7H11ClN4O3S2/c1-4(3-8)12-17(14,15)7-11-10-6(16-7)9-5(2)13/h4,12H,3H2,1-2H3,(H,9,10,13). The first-order chi connectivity index (χ1) is 7.85. The molecule has 0 aliphatic heterocycles. The first-order valence-electron chi connectivity index (χ1n) is 4.54. The molecule has 0 saturated heterocycles. The Hall–Kier alpha value is -0.770. The predicted molar refractivity (Wildman–Crippen MR) is 64.7 cm³/mol. The number of hydrogen-bond acceptors (Lipinski definition) is 6. The van der Waals surface area contributed by atoms with Crippen LogP contribution in [0.2, 0.25) is 0 Å². The van der Waals surface area contributed by atoms with Gasteiger partial charge in [0.15, 0.2) is 0 Å². The Balaban J connectivity index is 2.85. The lowest BCUT2D eigenvalue weighted by Crippen LogP contribution is -2.33. The summed E-state index contributed by atoms with van der Waals surface area (Å²) in [6, 6.07) is -0.408. The van der Waals surface area contributed by atoms with Gasteiger partial charge in [0.25, 0.3) is 10.0 Å². The fraction of sp³-hybridized carbons (Fsp3) is 0.571. The first kappa shape index (κ1) is 14.3. The molecule has 1 rings (SSSR count). The van der Waals surface area contributed by atoms with Crippen molar-refractivity contribution in [3.63, 3.8) is 0 Å². The number of nitrogens with one attached hydrogen (secondary N) is 2. The number of amides is 1. The highest BCUT2D eigenvalue weighted by Gasteiger charge is 2.22. The smallest absolute Gasteiger partial charge is 0.270 e. The molecule has 1 heterocycles. The number of rotatable bonds is 5. The van der Waals surface area contributed by atoms with Crippen molar-refractivity contribution in [3.8, 4) is 0 Å². The summed E-state index contributed by atoms with van der Waals surface area (Å²) in [7, 11) is -3.73. The van der Waals surface area contributed by atoms with Gasteiger partial charge in [0.1, 0.15) is 0 Å². The normalized spacial score (nSPS) is 13.4. The number of anilines is 1. The number of carbonyl (C=O) groups is 1. The van der Waals surface area contributed by atoms with Crippen molar-refractivity contribution in [1.29, 1.82) is 0 Å². The van der Waals surface area contributed by atoms with E-state index in [4.69, 9.17) is 11.6 Å². The molecule has 0 radical (unpaired) electrons. The molecule has 1 amide bonds. The highest BCUT2D eigenvalue weighted by molar-refractivity contribution is 7.91. The summed E-state index contributed by atoms with van der Waals surface area (Å²) >= 11 is 6.28. The van der Waals surface area contributed by atoms with Crippen LogP contribution in [-0.2, 0) is 14.8 Å². The third-order valence-electron chi connectivity index (χ3n) is 1.51. The van der Waals surface area contributed by atoms with Crippen molar-refractivity contribution >= 4 is 44.0 Å². The SMILES string of the molecule is CC(=O)Nc1nnc(S(=O)(=O)NC(C)CCl)s1. The molecule has 10 heteroatoms. The minimum Gasteiger partial charge on any atom is -0.301 e. The third kappa shape index (κ3) is 4.19. The van der Waals surface area contributed by atoms with Crippen molar-refractivity contribution in [1.82, 2.24) is 14.9 Å². The first-order valence-corrected chi connectivity index (χ1v) is 7.38. The van der Waals surface area contributed by atoms with Crippen LogP contribution in [0.25, 0.3) is 0 Å². The number of nitrogens with zero attached hydrogens (tertiary/aromatic N) is 2. The van der Waals surface area contributed by atoms with Crippen molar-refractivity contribution in [2.24, 2.45) is 0 Å². The maximum absolute atomic E-state index is 11.7. The van der Waals surface area contributed by atoms with Gasteiger partial charge in [-0.25, -0.2) is 13.1 Å². The molecule has 1 aromatic rings. The van der Waals surface area contributed by atoms with Crippen molar-refractivity contribution in [3.05, 3.63) is 0 Å². The van der Waals surface area contributed by atoms with E-state index < -0.39 is 16.1 Å². The van der Waals surface area contributed by atoms with Gasteiger partial charge in [0.05, 0.1) is 0 Å². The zero-order valence-electron chi connectivity index (χ0n) is 9.10. The predicted octanol–water partition coefficient (Wildman–Crippen LogP) is 0.402. The maximum atomic E-state index is 11.7. The Morgan fingerprint density at radius 1 is 1.53 bits per heavy atom. The molecule has 0 fully saturated rings. The molecule has 1 atom stereocenters. The van der Waals surface area contributed by atoms with Crippen LogP contribution in [0.4, 0.5) is 5.13 Å². The van der Waals surface area contributed by atoms with Crippen LogP contribution < -0.4 is 10.0 Å². The zero-order chi connectivity index (χ0) is 13.1. The zero-order valence-corrected chi connectivity index (χ0v) is 11.5. The molecule has 1 unspecified atom stereocenters. The summed E-state index contributed by atoms with van der Waals surface area (Å²) < 4.78 is 25.6. The second-order valence-electron chi connectivity index (χ2n) is 3.23. The van der Waals surface area contributed by atoms with E-state index in [2.05, 4.69) is 20.2 Å². The van der Waals surface area contributed by atoms with E-state index in [-0.39, 0.29) is 21.3 Å². The van der Waals surface area contributed by atoms with Crippen molar-refractivity contribution in [2.75, 3.05) is 11.2 Å². The van der Waals surface area contributed by atoms with Gasteiger partial charge in [0.2, 0.25) is 15.4 Å². The van der Waals surface area contributed by atoms with Crippen LogP contribution in [0.5, 0.6) is 0 Å². The van der Waals surface area contributed by atoms with Crippen LogP contribution >= 0.6 is 22.9 Å². The monoisotopic (exact) mass is 298 g/mol. The van der Waals surface area contributed by atoms with Crippen LogP contribution in [0, 0.1) is 0 Å². The van der Waals surface area contributed by atoms with Gasteiger partial charge in [-0.05, 0) is 6.92 Å². The molecule has 0 spiro atoms. The lowest BCUT2D eigenvalue weighted by atomic mass is 10.4. The van der Waals surface area contributed by atoms with E-state index in [0.717, 1.165) is 11.3 Å². The Kier molecular flexibility index (Phi) is 4.80. The molecule has 17 heavy (non-hydrogen) atoms. The molecule has 0 saturated carbocycles. The molecule has 0 bridgehead atoms. The van der Waals surface area contributed by atoms with Crippen LogP contribution in [-0.4, -0.2) is 36.4 Å². The van der Waals surface area contributed by atoms with E-state index in [9.17, 15) is 13.2 Å². The molecular weight excluding hydrogens is 288 g/mol. The van der Waals surface area contributed by atoms with Gasteiger partial charge in [0, 0.05) is 18.8 Å². The van der Waals surface area contributed by atoms with E-state index >= 15 is 0 Å². The minimum absolute atomic E-state index is 0.136. The quantitative estimate of drug-likeness (QED) is 0.605. The average molecular weight is 299 g/mol. The van der Waals surface area contributed by atoms with Gasteiger partial charge in [-0.3, -0.25) is 4.79 Å². The van der Waals surface area contributed by atoms with Crippen LogP contribution in [0.3, 0.4) is 0 Å².